The fourth-order valence-corrected chi connectivity index (χ4v) is 3.95. The molecule has 0 spiro atoms. The Kier molecular flexibility index (Phi) is 10.9. The van der Waals surface area contributed by atoms with Crippen LogP contribution in [0.5, 0.6) is 0 Å². The van der Waals surface area contributed by atoms with E-state index < -0.39 is 0 Å². The standard InChI is InChI=1S/C18H32N4S.HI/c1-15(13-17-5-4-12-23-17)14-21-18(19-2)20-9-6-16-7-10-22(3)11-8-16;/h4-5,12,15-16H,6-11,13-14H2,1-3H3,(H2,19,20,21);1H. The zero-order chi connectivity index (χ0) is 16.5. The number of hydrogen-bond donors (Lipinski definition) is 2. The van der Waals surface area contributed by atoms with Crippen molar-refractivity contribution in [1.82, 2.24) is 15.5 Å². The molecule has 1 aliphatic rings. The van der Waals surface area contributed by atoms with Gasteiger partial charge in [-0.2, -0.15) is 0 Å². The fraction of sp³-hybridized carbons (Fsp3) is 0.722. The molecule has 1 aromatic rings. The lowest BCUT2D eigenvalue weighted by Crippen LogP contribution is -2.41. The lowest BCUT2D eigenvalue weighted by molar-refractivity contribution is 0.213. The molecule has 0 aromatic carbocycles. The van der Waals surface area contributed by atoms with Crippen LogP contribution >= 0.6 is 35.3 Å². The molecule has 24 heavy (non-hydrogen) atoms. The number of rotatable bonds is 7. The Bertz CT molecular complexity index is 456. The maximum atomic E-state index is 4.34. The summed E-state index contributed by atoms with van der Waals surface area (Å²) in [7, 11) is 4.08. The summed E-state index contributed by atoms with van der Waals surface area (Å²) in [6, 6.07) is 4.35. The van der Waals surface area contributed by atoms with E-state index in [2.05, 4.69) is 52.0 Å². The highest BCUT2D eigenvalue weighted by molar-refractivity contribution is 14.0. The number of aliphatic imine (C=N–C) groups is 1. The molecule has 1 unspecified atom stereocenters. The highest BCUT2D eigenvalue weighted by atomic mass is 127. The minimum Gasteiger partial charge on any atom is -0.356 e. The van der Waals surface area contributed by atoms with Crippen LogP contribution in [-0.2, 0) is 6.42 Å². The van der Waals surface area contributed by atoms with Gasteiger partial charge in [0.05, 0.1) is 0 Å². The van der Waals surface area contributed by atoms with Crippen molar-refractivity contribution in [1.29, 1.82) is 0 Å². The molecule has 2 N–H and O–H groups in total. The van der Waals surface area contributed by atoms with E-state index >= 15 is 0 Å². The monoisotopic (exact) mass is 464 g/mol. The predicted molar refractivity (Wildman–Crippen MR) is 117 cm³/mol. The molecule has 1 atom stereocenters. The van der Waals surface area contributed by atoms with Gasteiger partial charge in [0, 0.05) is 25.0 Å². The molecule has 1 aromatic heterocycles. The topological polar surface area (TPSA) is 39.7 Å². The van der Waals surface area contributed by atoms with Gasteiger partial charge < -0.3 is 15.5 Å². The number of guanidine groups is 1. The Hall–Kier alpha value is -0.340. The van der Waals surface area contributed by atoms with Crippen LogP contribution in [0, 0.1) is 11.8 Å². The Balaban J connectivity index is 0.00000288. The van der Waals surface area contributed by atoms with Crippen molar-refractivity contribution < 1.29 is 0 Å². The molecule has 138 valence electrons. The van der Waals surface area contributed by atoms with Crippen LogP contribution in [0.25, 0.3) is 0 Å². The first kappa shape index (κ1) is 21.7. The molecule has 1 aliphatic heterocycles. The highest BCUT2D eigenvalue weighted by Gasteiger charge is 2.16. The largest absolute Gasteiger partial charge is 0.356 e. The zero-order valence-corrected chi connectivity index (χ0v) is 18.4. The number of thiophene rings is 1. The lowest BCUT2D eigenvalue weighted by atomic mass is 9.94. The van der Waals surface area contributed by atoms with Gasteiger partial charge in [-0.25, -0.2) is 0 Å². The summed E-state index contributed by atoms with van der Waals surface area (Å²) in [5, 5.41) is 9.08. The highest BCUT2D eigenvalue weighted by Crippen LogP contribution is 2.18. The third kappa shape index (κ3) is 8.16. The Morgan fingerprint density at radius 2 is 2.12 bits per heavy atom. The second-order valence-electron chi connectivity index (χ2n) is 6.80. The van der Waals surface area contributed by atoms with E-state index in [0.29, 0.717) is 5.92 Å². The van der Waals surface area contributed by atoms with Gasteiger partial charge in [-0.05, 0) is 69.1 Å². The summed E-state index contributed by atoms with van der Waals surface area (Å²) in [6.07, 6.45) is 5.06. The van der Waals surface area contributed by atoms with Gasteiger partial charge in [0.25, 0.3) is 0 Å². The van der Waals surface area contributed by atoms with E-state index in [1.165, 1.54) is 37.2 Å². The van der Waals surface area contributed by atoms with E-state index in [1.807, 2.05) is 18.4 Å². The maximum absolute atomic E-state index is 4.34. The van der Waals surface area contributed by atoms with Crippen LogP contribution in [0.3, 0.4) is 0 Å². The first-order chi connectivity index (χ1) is 11.2. The normalized spacial score (nSPS) is 18.0. The van der Waals surface area contributed by atoms with Crippen LogP contribution < -0.4 is 10.6 Å². The van der Waals surface area contributed by atoms with Crippen LogP contribution in [-0.4, -0.2) is 51.1 Å². The van der Waals surface area contributed by atoms with Crippen molar-refractivity contribution in [3.63, 3.8) is 0 Å². The van der Waals surface area contributed by atoms with Crippen LogP contribution in [0.4, 0.5) is 0 Å². The summed E-state index contributed by atoms with van der Waals surface area (Å²) >= 11 is 1.84. The Morgan fingerprint density at radius 1 is 1.38 bits per heavy atom. The SMILES string of the molecule is CN=C(NCCC1CCN(C)CC1)NCC(C)Cc1cccs1.I. The second-order valence-corrected chi connectivity index (χ2v) is 7.84. The average Bonchev–Trinajstić information content (AvgIpc) is 3.05. The van der Waals surface area contributed by atoms with Gasteiger partial charge in [-0.3, -0.25) is 4.99 Å². The molecule has 6 heteroatoms. The lowest BCUT2D eigenvalue weighted by Gasteiger charge is -2.29. The summed E-state index contributed by atoms with van der Waals surface area (Å²) < 4.78 is 0. The number of hydrogen-bond acceptors (Lipinski definition) is 3. The molecule has 1 fully saturated rings. The van der Waals surface area contributed by atoms with Gasteiger partial charge in [0.1, 0.15) is 0 Å². The van der Waals surface area contributed by atoms with Gasteiger partial charge >= 0.3 is 0 Å². The Morgan fingerprint density at radius 3 is 2.75 bits per heavy atom. The minimum absolute atomic E-state index is 0. The summed E-state index contributed by atoms with van der Waals surface area (Å²) in [4.78, 5) is 8.23. The number of piperidine rings is 1. The summed E-state index contributed by atoms with van der Waals surface area (Å²) in [6.45, 7) is 6.77. The summed E-state index contributed by atoms with van der Waals surface area (Å²) in [5.41, 5.74) is 0. The maximum Gasteiger partial charge on any atom is 0.190 e. The van der Waals surface area contributed by atoms with Crippen molar-refractivity contribution in [2.45, 2.75) is 32.6 Å². The van der Waals surface area contributed by atoms with E-state index in [9.17, 15) is 0 Å². The minimum atomic E-state index is 0. The van der Waals surface area contributed by atoms with Crippen molar-refractivity contribution in [3.05, 3.63) is 22.4 Å². The van der Waals surface area contributed by atoms with Gasteiger partial charge in [-0.1, -0.05) is 13.0 Å². The average molecular weight is 464 g/mol. The van der Waals surface area contributed by atoms with Crippen LogP contribution in [0.2, 0.25) is 0 Å². The number of nitrogens with one attached hydrogen (secondary N) is 2. The first-order valence-electron chi connectivity index (χ1n) is 8.82. The molecule has 0 radical (unpaired) electrons. The van der Waals surface area contributed by atoms with E-state index in [4.69, 9.17) is 0 Å². The molecule has 0 saturated carbocycles. The van der Waals surface area contributed by atoms with Crippen molar-refractivity contribution >= 4 is 41.3 Å². The Labute approximate surface area is 168 Å². The molecule has 1 saturated heterocycles. The smallest absolute Gasteiger partial charge is 0.190 e. The van der Waals surface area contributed by atoms with Crippen molar-refractivity contribution in [2.24, 2.45) is 16.8 Å². The molecular formula is C18H33IN4S. The fourth-order valence-electron chi connectivity index (χ4n) is 3.08. The third-order valence-electron chi connectivity index (χ3n) is 4.65. The third-order valence-corrected chi connectivity index (χ3v) is 5.55. The number of halogens is 1. The zero-order valence-electron chi connectivity index (χ0n) is 15.3. The number of likely N-dealkylation sites (tertiary alicyclic amines) is 1. The van der Waals surface area contributed by atoms with Crippen LogP contribution in [0.15, 0.2) is 22.5 Å². The van der Waals surface area contributed by atoms with Gasteiger partial charge in [0.15, 0.2) is 5.96 Å². The molecule has 2 heterocycles. The molecular weight excluding hydrogens is 431 g/mol. The van der Waals surface area contributed by atoms with E-state index in [1.54, 1.807) is 0 Å². The second kappa shape index (κ2) is 12.1. The molecule has 0 bridgehead atoms. The van der Waals surface area contributed by atoms with Crippen molar-refractivity contribution in [2.75, 3.05) is 40.3 Å². The number of nitrogens with zero attached hydrogens (tertiary/aromatic N) is 2. The van der Waals surface area contributed by atoms with Crippen LogP contribution in [0.1, 0.15) is 31.1 Å². The van der Waals surface area contributed by atoms with E-state index in [0.717, 1.165) is 31.4 Å². The quantitative estimate of drug-likeness (QED) is 0.369. The van der Waals surface area contributed by atoms with E-state index in [-0.39, 0.29) is 24.0 Å². The van der Waals surface area contributed by atoms with Gasteiger partial charge in [0.2, 0.25) is 0 Å². The predicted octanol–water partition coefficient (Wildman–Crippen LogP) is 3.44. The van der Waals surface area contributed by atoms with Crippen molar-refractivity contribution in [3.8, 4) is 0 Å². The van der Waals surface area contributed by atoms with Gasteiger partial charge in [-0.15, -0.1) is 35.3 Å². The molecule has 0 amide bonds. The molecule has 2 rings (SSSR count). The summed E-state index contributed by atoms with van der Waals surface area (Å²) in [5.74, 6) is 2.42. The molecule has 0 aliphatic carbocycles. The molecule has 4 nitrogen and oxygen atoms in total. The first-order valence-corrected chi connectivity index (χ1v) is 9.70.